The molecule has 0 N–H and O–H groups in total. The van der Waals surface area contributed by atoms with E-state index in [0.29, 0.717) is 29.1 Å². The average molecular weight is 431 g/mol. The molecule has 0 bridgehead atoms. The summed E-state index contributed by atoms with van der Waals surface area (Å²) in [7, 11) is 5.28. The van der Waals surface area contributed by atoms with Gasteiger partial charge in [-0.2, -0.15) is 0 Å². The van der Waals surface area contributed by atoms with Gasteiger partial charge in [-0.25, -0.2) is 13.8 Å². The Hall–Kier alpha value is -3.04. The second-order valence-corrected chi connectivity index (χ2v) is 7.99. The van der Waals surface area contributed by atoms with Crippen LogP contribution in [-0.2, 0) is 0 Å². The molecule has 0 aliphatic rings. The van der Waals surface area contributed by atoms with Gasteiger partial charge in [0, 0.05) is 24.5 Å². The maximum absolute atomic E-state index is 14.1. The predicted octanol–water partition coefficient (Wildman–Crippen LogP) is 4.54. The quantitative estimate of drug-likeness (QED) is 0.449. The number of carbonyl (C=O) groups is 1. The van der Waals surface area contributed by atoms with E-state index in [4.69, 9.17) is 9.15 Å². The van der Waals surface area contributed by atoms with Gasteiger partial charge in [0.1, 0.15) is 11.3 Å². The minimum Gasteiger partial charge on any atom is -0.493 e. The van der Waals surface area contributed by atoms with E-state index in [9.17, 15) is 13.6 Å². The third kappa shape index (κ3) is 3.73. The van der Waals surface area contributed by atoms with Gasteiger partial charge in [0.2, 0.25) is 0 Å². The second kappa shape index (κ2) is 8.00. The summed E-state index contributed by atoms with van der Waals surface area (Å²) in [4.78, 5) is 20.9. The van der Waals surface area contributed by atoms with Crippen LogP contribution in [0.4, 0.5) is 13.9 Å². The number of methoxy groups -OCH3 is 1. The van der Waals surface area contributed by atoms with Crippen LogP contribution in [0.2, 0.25) is 0 Å². The molecule has 0 radical (unpaired) electrons. The van der Waals surface area contributed by atoms with Crippen molar-refractivity contribution in [3.05, 3.63) is 53.8 Å². The first-order valence-corrected chi connectivity index (χ1v) is 9.97. The summed E-state index contributed by atoms with van der Waals surface area (Å²) in [6, 6.07) is 8.99. The minimum atomic E-state index is -0.763. The molecule has 1 amide bonds. The van der Waals surface area contributed by atoms with Crippen molar-refractivity contribution in [2.24, 2.45) is 0 Å². The van der Waals surface area contributed by atoms with Crippen molar-refractivity contribution < 1.29 is 22.7 Å². The Balaban J connectivity index is 1.77. The van der Waals surface area contributed by atoms with Gasteiger partial charge in [0.25, 0.3) is 5.91 Å². The van der Waals surface area contributed by atoms with E-state index in [2.05, 4.69) is 4.98 Å². The lowest BCUT2D eigenvalue weighted by Crippen LogP contribution is -2.36. The molecule has 6 nitrogen and oxygen atoms in total. The van der Waals surface area contributed by atoms with Gasteiger partial charge in [-0.05, 0) is 32.3 Å². The Labute approximate surface area is 175 Å². The smallest absolute Gasteiger partial charge is 0.295 e. The molecule has 0 spiro atoms. The number of benzene rings is 2. The van der Waals surface area contributed by atoms with Crippen LogP contribution in [-0.4, -0.2) is 50.1 Å². The zero-order chi connectivity index (χ0) is 21.4. The molecule has 30 heavy (non-hydrogen) atoms. The van der Waals surface area contributed by atoms with Crippen LogP contribution in [0.15, 0.2) is 40.8 Å². The number of halogens is 2. The molecule has 2 aromatic heterocycles. The second-order valence-electron chi connectivity index (χ2n) is 6.98. The summed E-state index contributed by atoms with van der Waals surface area (Å²) in [6.07, 6.45) is 0. The van der Waals surface area contributed by atoms with Crippen molar-refractivity contribution >= 4 is 43.6 Å². The zero-order valence-corrected chi connectivity index (χ0v) is 17.4. The van der Waals surface area contributed by atoms with Crippen LogP contribution in [0.1, 0.15) is 10.6 Å². The van der Waals surface area contributed by atoms with Crippen LogP contribution in [0.5, 0.6) is 5.75 Å². The highest BCUT2D eigenvalue weighted by Gasteiger charge is 2.26. The van der Waals surface area contributed by atoms with Crippen molar-refractivity contribution in [2.75, 3.05) is 39.2 Å². The molecule has 4 aromatic rings. The van der Waals surface area contributed by atoms with Gasteiger partial charge in [-0.1, -0.05) is 23.5 Å². The van der Waals surface area contributed by atoms with Gasteiger partial charge < -0.3 is 14.1 Å². The topological polar surface area (TPSA) is 58.8 Å². The lowest BCUT2D eigenvalue weighted by atomic mass is 10.2. The Kier molecular flexibility index (Phi) is 5.40. The molecule has 0 atom stereocenters. The molecule has 4 rings (SSSR count). The average Bonchev–Trinajstić information content (AvgIpc) is 3.31. The van der Waals surface area contributed by atoms with Crippen LogP contribution in [0, 0.1) is 11.6 Å². The number of para-hydroxylation sites is 1. The van der Waals surface area contributed by atoms with Crippen LogP contribution >= 0.6 is 11.3 Å². The van der Waals surface area contributed by atoms with Gasteiger partial charge in [0.15, 0.2) is 28.0 Å². The molecular weight excluding hydrogens is 412 g/mol. The Morgan fingerprint density at radius 3 is 2.73 bits per heavy atom. The number of hydrogen-bond acceptors (Lipinski definition) is 6. The number of amides is 1. The number of hydrogen-bond donors (Lipinski definition) is 0. The fourth-order valence-corrected chi connectivity index (χ4v) is 4.11. The predicted molar refractivity (Wildman–Crippen MR) is 113 cm³/mol. The van der Waals surface area contributed by atoms with Gasteiger partial charge >= 0.3 is 0 Å². The van der Waals surface area contributed by atoms with Crippen LogP contribution in [0.3, 0.4) is 0 Å². The molecule has 0 fully saturated rings. The summed E-state index contributed by atoms with van der Waals surface area (Å²) in [5.41, 5.74) is 0.499. The van der Waals surface area contributed by atoms with Crippen molar-refractivity contribution in [1.82, 2.24) is 9.88 Å². The first-order chi connectivity index (χ1) is 14.4. The van der Waals surface area contributed by atoms with Gasteiger partial charge in [-0.3, -0.25) is 9.69 Å². The molecule has 0 aliphatic heterocycles. The maximum Gasteiger partial charge on any atom is 0.295 e. The number of furan rings is 1. The fourth-order valence-electron chi connectivity index (χ4n) is 3.08. The monoisotopic (exact) mass is 431 g/mol. The third-order valence-electron chi connectivity index (χ3n) is 4.59. The number of carbonyl (C=O) groups excluding carboxylic acids is 1. The number of aromatic nitrogens is 1. The largest absolute Gasteiger partial charge is 0.493 e. The highest BCUT2D eigenvalue weighted by molar-refractivity contribution is 7.22. The molecule has 2 aromatic carbocycles. The van der Waals surface area contributed by atoms with E-state index in [1.807, 2.05) is 25.1 Å². The number of rotatable bonds is 6. The normalized spacial score (nSPS) is 11.5. The van der Waals surface area contributed by atoms with Crippen LogP contribution in [0.25, 0.3) is 21.2 Å². The summed E-state index contributed by atoms with van der Waals surface area (Å²) in [6.45, 7) is 0.839. The van der Waals surface area contributed by atoms with Gasteiger partial charge in [0.05, 0.1) is 11.8 Å². The summed E-state index contributed by atoms with van der Waals surface area (Å²) in [5.74, 6) is -1.25. The number of fused-ring (bicyclic) bond motifs is 2. The maximum atomic E-state index is 14.1. The van der Waals surface area contributed by atoms with Crippen molar-refractivity contribution in [3.63, 3.8) is 0 Å². The molecule has 0 saturated heterocycles. The number of nitrogens with zero attached hydrogens (tertiary/aromatic N) is 3. The fraction of sp³-hybridized carbons (Fsp3) is 0.238. The molecule has 0 saturated carbocycles. The SMILES string of the molecule is COc1cccc2cc(C(=O)N(CCN(C)C)c3nc4c(F)cc(F)cc4s3)oc12. The summed E-state index contributed by atoms with van der Waals surface area (Å²) >= 11 is 1.05. The lowest BCUT2D eigenvalue weighted by molar-refractivity contribution is 0.0960. The third-order valence-corrected chi connectivity index (χ3v) is 5.61. The van der Waals surface area contributed by atoms with E-state index in [-0.39, 0.29) is 16.4 Å². The van der Waals surface area contributed by atoms with E-state index >= 15 is 0 Å². The minimum absolute atomic E-state index is 0.0327. The highest BCUT2D eigenvalue weighted by Crippen LogP contribution is 2.33. The van der Waals surface area contributed by atoms with Crippen molar-refractivity contribution in [2.45, 2.75) is 0 Å². The molecule has 156 valence electrons. The standard InChI is InChI=1S/C21H19F2N3O3S/c1-25(2)7-8-26(21-24-18-14(23)10-13(22)11-17(18)30-21)20(27)16-9-12-5-4-6-15(28-3)19(12)29-16/h4-6,9-11H,7-8H2,1-3H3. The molecule has 0 aliphatic carbocycles. The number of ether oxygens (including phenoxy) is 1. The summed E-state index contributed by atoms with van der Waals surface area (Å²) in [5, 5.41) is 0.997. The van der Waals surface area contributed by atoms with Gasteiger partial charge in [-0.15, -0.1) is 0 Å². The lowest BCUT2D eigenvalue weighted by Gasteiger charge is -2.20. The first-order valence-electron chi connectivity index (χ1n) is 9.16. The summed E-state index contributed by atoms with van der Waals surface area (Å²) < 4.78 is 39.2. The van der Waals surface area contributed by atoms with Crippen molar-refractivity contribution in [3.8, 4) is 5.75 Å². The first kappa shape index (κ1) is 20.2. The molecule has 9 heteroatoms. The number of likely N-dealkylation sites (N-methyl/N-ethyl adjacent to an activating group) is 1. The van der Waals surface area contributed by atoms with E-state index in [1.54, 1.807) is 18.2 Å². The molecular formula is C21H19F2N3O3S. The Morgan fingerprint density at radius 1 is 1.20 bits per heavy atom. The zero-order valence-electron chi connectivity index (χ0n) is 16.6. The molecule has 0 unspecified atom stereocenters. The van der Waals surface area contributed by atoms with E-state index in [0.717, 1.165) is 22.8 Å². The highest BCUT2D eigenvalue weighted by atomic mass is 32.1. The van der Waals surface area contributed by atoms with E-state index < -0.39 is 17.5 Å². The Morgan fingerprint density at radius 2 is 2.00 bits per heavy atom. The van der Waals surface area contributed by atoms with Crippen LogP contribution < -0.4 is 9.64 Å². The van der Waals surface area contributed by atoms with Crippen molar-refractivity contribution in [1.29, 1.82) is 0 Å². The number of thiazole rings is 1. The van der Waals surface area contributed by atoms with E-state index in [1.165, 1.54) is 18.1 Å². The number of anilines is 1. The Bertz CT molecular complexity index is 1240. The molecule has 2 heterocycles.